The highest BCUT2D eigenvalue weighted by atomic mass is 127. The van der Waals surface area contributed by atoms with Gasteiger partial charge in [0.25, 0.3) is 0 Å². The number of halogens is 4. The molecule has 0 amide bonds. The fourth-order valence-corrected chi connectivity index (χ4v) is 5.44. The number of nitrogens with zero attached hydrogens (tertiary/aromatic N) is 2. The molecule has 5 N–H and O–H groups in total. The van der Waals surface area contributed by atoms with Crippen LogP contribution in [0.2, 0.25) is 5.02 Å². The Morgan fingerprint density at radius 2 is 1.94 bits per heavy atom. The number of nitrogens with one attached hydrogen (secondary N) is 3. The SMILES string of the molecule is CC1(NS(=O)(=O)c2ccc(-c3c(Cl)cc(Nc4n[nH]c(N)n4)cc3C(F)(F)I)cc2)COC1. The molecule has 176 valence electrons. The number of alkyl halides is 3. The number of anilines is 3. The molecule has 0 radical (unpaired) electrons. The van der Waals surface area contributed by atoms with Gasteiger partial charge in [-0.2, -0.15) is 13.8 Å². The van der Waals surface area contributed by atoms with Crippen LogP contribution in [0.3, 0.4) is 0 Å². The summed E-state index contributed by atoms with van der Waals surface area (Å²) in [6.07, 6.45) is 0. The van der Waals surface area contributed by atoms with Gasteiger partial charge in [0.2, 0.25) is 21.9 Å². The van der Waals surface area contributed by atoms with Crippen molar-refractivity contribution in [2.75, 3.05) is 24.3 Å². The van der Waals surface area contributed by atoms with Crippen LogP contribution < -0.4 is 15.8 Å². The summed E-state index contributed by atoms with van der Waals surface area (Å²) in [5.41, 5.74) is 5.08. The van der Waals surface area contributed by atoms with E-state index in [1.165, 1.54) is 36.4 Å². The molecule has 1 aliphatic heterocycles. The number of benzene rings is 2. The Morgan fingerprint density at radius 3 is 2.45 bits per heavy atom. The van der Waals surface area contributed by atoms with E-state index in [9.17, 15) is 17.2 Å². The Labute approximate surface area is 206 Å². The lowest BCUT2D eigenvalue weighted by molar-refractivity contribution is -0.0523. The third kappa shape index (κ3) is 5.21. The molecule has 14 heteroatoms. The van der Waals surface area contributed by atoms with Gasteiger partial charge in [0.1, 0.15) is 0 Å². The van der Waals surface area contributed by atoms with Crippen molar-refractivity contribution in [1.29, 1.82) is 0 Å². The molecule has 1 aromatic heterocycles. The van der Waals surface area contributed by atoms with Gasteiger partial charge in [-0.25, -0.2) is 18.2 Å². The minimum absolute atomic E-state index is 0.00115. The lowest BCUT2D eigenvalue weighted by Gasteiger charge is -2.38. The van der Waals surface area contributed by atoms with Crippen LogP contribution in [0.5, 0.6) is 0 Å². The molecule has 0 atom stereocenters. The zero-order chi connectivity index (χ0) is 24.0. The van der Waals surface area contributed by atoms with Crippen LogP contribution in [-0.4, -0.2) is 42.4 Å². The maximum Gasteiger partial charge on any atom is 0.322 e. The number of aromatic nitrogens is 3. The van der Waals surface area contributed by atoms with Gasteiger partial charge in [-0.15, -0.1) is 5.10 Å². The lowest BCUT2D eigenvalue weighted by Crippen LogP contribution is -2.59. The largest absolute Gasteiger partial charge is 0.377 e. The highest BCUT2D eigenvalue weighted by Gasteiger charge is 2.38. The summed E-state index contributed by atoms with van der Waals surface area (Å²) < 4.78 is 58.7. The number of hydrogen-bond donors (Lipinski definition) is 4. The van der Waals surface area contributed by atoms with Gasteiger partial charge in [0.15, 0.2) is 0 Å². The van der Waals surface area contributed by atoms with Crippen molar-refractivity contribution in [2.45, 2.75) is 21.3 Å². The van der Waals surface area contributed by atoms with E-state index in [0.29, 0.717) is 5.56 Å². The van der Waals surface area contributed by atoms with E-state index < -0.39 is 19.5 Å². The van der Waals surface area contributed by atoms with Gasteiger partial charge >= 0.3 is 3.93 Å². The Bertz CT molecular complexity index is 1290. The molecule has 2 aromatic carbocycles. The van der Waals surface area contributed by atoms with E-state index >= 15 is 0 Å². The van der Waals surface area contributed by atoms with Crippen LogP contribution in [-0.2, 0) is 18.7 Å². The summed E-state index contributed by atoms with van der Waals surface area (Å²) >= 11 is 7.41. The van der Waals surface area contributed by atoms with E-state index in [2.05, 4.69) is 25.2 Å². The van der Waals surface area contributed by atoms with Gasteiger partial charge in [0.05, 0.1) is 28.7 Å². The minimum Gasteiger partial charge on any atom is -0.377 e. The van der Waals surface area contributed by atoms with Gasteiger partial charge in [-0.05, 0) is 36.8 Å². The maximum atomic E-state index is 14.5. The van der Waals surface area contributed by atoms with Crippen molar-refractivity contribution in [2.24, 2.45) is 0 Å². The van der Waals surface area contributed by atoms with Crippen molar-refractivity contribution < 1.29 is 21.9 Å². The third-order valence-corrected chi connectivity index (χ3v) is 7.36. The first kappa shape index (κ1) is 24.1. The van der Waals surface area contributed by atoms with Crippen molar-refractivity contribution >= 4 is 61.8 Å². The zero-order valence-corrected chi connectivity index (χ0v) is 20.7. The first-order valence-electron chi connectivity index (χ1n) is 9.44. The van der Waals surface area contributed by atoms with Crippen LogP contribution >= 0.6 is 34.2 Å². The second-order valence-corrected chi connectivity index (χ2v) is 11.2. The second-order valence-electron chi connectivity index (χ2n) is 7.73. The molecule has 1 fully saturated rings. The summed E-state index contributed by atoms with van der Waals surface area (Å²) in [4.78, 5) is 3.87. The highest BCUT2D eigenvalue weighted by Crippen LogP contribution is 2.45. The number of aromatic amines is 1. The predicted molar refractivity (Wildman–Crippen MR) is 128 cm³/mol. The standard InChI is InChI=1S/C19H18ClF2IN6O3S/c1-18(8-32-9-18)29-33(30,31)12-4-2-10(3-5-12)15-13(19(21,22)23)6-11(7-14(15)20)25-17-26-16(24)27-28-17/h2-7,29H,8-9H2,1H3,(H4,24,25,26,27,28). The van der Waals surface area contributed by atoms with Crippen molar-refractivity contribution in [3.63, 3.8) is 0 Å². The number of nitrogen functional groups attached to an aromatic ring is 1. The molecule has 4 rings (SSSR count). The van der Waals surface area contributed by atoms with Gasteiger partial charge < -0.3 is 15.8 Å². The molecule has 1 aliphatic rings. The average Bonchev–Trinajstić information content (AvgIpc) is 3.10. The van der Waals surface area contributed by atoms with E-state index in [1.54, 1.807) is 6.92 Å². The Morgan fingerprint density at radius 1 is 1.27 bits per heavy atom. The molecule has 0 saturated carbocycles. The number of rotatable bonds is 7. The smallest absolute Gasteiger partial charge is 0.322 e. The maximum absolute atomic E-state index is 14.5. The predicted octanol–water partition coefficient (Wildman–Crippen LogP) is 4.00. The van der Waals surface area contributed by atoms with Crippen molar-refractivity contribution in [1.82, 2.24) is 19.9 Å². The van der Waals surface area contributed by atoms with Crippen LogP contribution in [0.25, 0.3) is 11.1 Å². The topological polar surface area (TPSA) is 135 Å². The number of sulfonamides is 1. The monoisotopic (exact) mass is 610 g/mol. The number of ether oxygens (including phenoxy) is 1. The molecule has 0 aliphatic carbocycles. The van der Waals surface area contributed by atoms with Crippen LogP contribution in [0.4, 0.5) is 26.4 Å². The summed E-state index contributed by atoms with van der Waals surface area (Å²) in [6, 6.07) is 8.22. The molecule has 2 heterocycles. The van der Waals surface area contributed by atoms with Gasteiger partial charge in [-0.1, -0.05) is 23.7 Å². The van der Waals surface area contributed by atoms with Crippen molar-refractivity contribution in [3.8, 4) is 11.1 Å². The molecule has 33 heavy (non-hydrogen) atoms. The lowest BCUT2D eigenvalue weighted by atomic mass is 9.99. The number of H-pyrrole nitrogens is 1. The van der Waals surface area contributed by atoms with E-state index in [0.717, 1.165) is 22.6 Å². The number of hydrogen-bond acceptors (Lipinski definition) is 7. The van der Waals surface area contributed by atoms with E-state index in [-0.39, 0.29) is 51.8 Å². The highest BCUT2D eigenvalue weighted by molar-refractivity contribution is 14.1. The molecular formula is C19H18ClF2IN6O3S. The molecule has 0 spiro atoms. The van der Waals surface area contributed by atoms with Crippen LogP contribution in [0.15, 0.2) is 41.3 Å². The minimum atomic E-state index is -3.82. The van der Waals surface area contributed by atoms with Gasteiger partial charge in [0, 0.05) is 39.4 Å². The number of nitrogens with two attached hydrogens (primary N) is 1. The van der Waals surface area contributed by atoms with Crippen LogP contribution in [0.1, 0.15) is 12.5 Å². The first-order valence-corrected chi connectivity index (χ1v) is 12.4. The Balaban J connectivity index is 1.69. The Kier molecular flexibility index (Phi) is 6.28. The van der Waals surface area contributed by atoms with Crippen LogP contribution in [0, 0.1) is 0 Å². The molecule has 9 nitrogen and oxygen atoms in total. The summed E-state index contributed by atoms with van der Waals surface area (Å²) in [5, 5.41) is 9.04. The quantitative estimate of drug-likeness (QED) is 0.235. The average molecular weight is 611 g/mol. The van der Waals surface area contributed by atoms with E-state index in [4.69, 9.17) is 22.1 Å². The van der Waals surface area contributed by atoms with Gasteiger partial charge in [-0.3, -0.25) is 0 Å². The molecule has 3 aromatic rings. The zero-order valence-electron chi connectivity index (χ0n) is 17.0. The summed E-state index contributed by atoms with van der Waals surface area (Å²) in [7, 11) is -3.82. The van der Waals surface area contributed by atoms with E-state index in [1.807, 2.05) is 0 Å². The molecule has 0 unspecified atom stereocenters. The third-order valence-electron chi connectivity index (χ3n) is 4.83. The normalized spacial score (nSPS) is 15.8. The first-order chi connectivity index (χ1) is 15.4. The molecule has 1 saturated heterocycles. The fraction of sp³-hybridized carbons (Fsp3) is 0.263. The second kappa shape index (κ2) is 8.61. The fourth-order valence-electron chi connectivity index (χ4n) is 3.31. The Hall–Kier alpha value is -2.07. The molecular weight excluding hydrogens is 593 g/mol. The molecule has 0 bridgehead atoms. The summed E-state index contributed by atoms with van der Waals surface area (Å²) in [6.45, 7) is 2.28. The summed E-state index contributed by atoms with van der Waals surface area (Å²) in [5.74, 6) is 0.148. The van der Waals surface area contributed by atoms with Crippen molar-refractivity contribution in [3.05, 3.63) is 47.0 Å².